The van der Waals surface area contributed by atoms with Gasteiger partial charge in [-0.15, -0.1) is 0 Å². The lowest BCUT2D eigenvalue weighted by Gasteiger charge is -2.33. The van der Waals surface area contributed by atoms with E-state index in [2.05, 4.69) is 19.9 Å². The second kappa shape index (κ2) is 9.02. The number of hydrogen-bond acceptors (Lipinski definition) is 8. The van der Waals surface area contributed by atoms with E-state index < -0.39 is 5.76 Å². The molecule has 1 saturated heterocycles. The van der Waals surface area contributed by atoms with Crippen LogP contribution in [0.25, 0.3) is 22.3 Å². The average Bonchev–Trinajstić information content (AvgIpc) is 3.42. The number of aromatic amines is 1. The van der Waals surface area contributed by atoms with Crippen LogP contribution in [0.15, 0.2) is 56.6 Å². The van der Waals surface area contributed by atoms with Gasteiger partial charge >= 0.3 is 11.4 Å². The number of imidazole rings is 1. The Morgan fingerprint density at radius 2 is 1.89 bits per heavy atom. The fraction of sp³-hybridized carbons (Fsp3) is 0.296. The lowest BCUT2D eigenvalue weighted by molar-refractivity contribution is 0.103. The van der Waals surface area contributed by atoms with E-state index in [1.807, 2.05) is 19.1 Å². The summed E-state index contributed by atoms with van der Waals surface area (Å²) in [5.74, 6) is 0.255. The number of anilines is 1. The van der Waals surface area contributed by atoms with Crippen LogP contribution in [0.5, 0.6) is 5.88 Å². The normalized spacial score (nSPS) is 14.4. The summed E-state index contributed by atoms with van der Waals surface area (Å²) >= 11 is 0. The number of carbonyl (C=O) groups excluding carboxylic acids is 1. The van der Waals surface area contributed by atoms with Crippen molar-refractivity contribution in [2.45, 2.75) is 25.8 Å². The number of benzene rings is 1. The largest absolute Gasteiger partial charge is 0.481 e. The summed E-state index contributed by atoms with van der Waals surface area (Å²) in [7, 11) is 3.15. The number of nitrogens with one attached hydrogen (secondary N) is 1. The van der Waals surface area contributed by atoms with Gasteiger partial charge in [0.05, 0.1) is 18.1 Å². The second-order valence-electron chi connectivity index (χ2n) is 9.54. The maximum Gasteiger partial charge on any atom is 0.419 e. The van der Waals surface area contributed by atoms with Gasteiger partial charge in [-0.1, -0.05) is 0 Å². The molecule has 0 atom stereocenters. The van der Waals surface area contributed by atoms with Crippen molar-refractivity contribution < 1.29 is 13.9 Å². The van der Waals surface area contributed by atoms with Gasteiger partial charge in [-0.2, -0.15) is 4.98 Å². The molecule has 0 saturated carbocycles. The first-order valence-electron chi connectivity index (χ1n) is 12.3. The fourth-order valence-corrected chi connectivity index (χ4v) is 5.37. The number of hydrogen-bond donors (Lipinski definition) is 1. The standard InChI is InChI=1S/C27H26N6O5/c1-15-11-16(12-20-23(15)31(2)27(36)38-20)24(34)17-13-21(29-22(14-17)37-3)32-9-6-18(7-10-32)33-19-5-4-8-28-25(19)30-26(33)35/h4-5,8,11-14,18H,6-7,9-10H2,1-3H3,(H,28,30,35). The number of rotatable bonds is 5. The van der Waals surface area contributed by atoms with Gasteiger partial charge in [0, 0.05) is 49.6 Å². The summed E-state index contributed by atoms with van der Waals surface area (Å²) in [5, 5.41) is 0. The number of H-pyrrole nitrogens is 1. The molecule has 194 valence electrons. The number of ketones is 1. The highest BCUT2D eigenvalue weighted by Gasteiger charge is 2.26. The summed E-state index contributed by atoms with van der Waals surface area (Å²) in [4.78, 5) is 51.9. The number of oxazole rings is 1. The molecule has 1 aromatic carbocycles. The smallest absolute Gasteiger partial charge is 0.419 e. The average molecular weight is 515 g/mol. The quantitative estimate of drug-likeness (QED) is 0.355. The highest BCUT2D eigenvalue weighted by molar-refractivity contribution is 6.11. The van der Waals surface area contributed by atoms with Gasteiger partial charge in [0.25, 0.3) is 0 Å². The Bertz CT molecular complexity index is 1820. The zero-order valence-electron chi connectivity index (χ0n) is 21.2. The Kier molecular flexibility index (Phi) is 5.63. The van der Waals surface area contributed by atoms with Gasteiger partial charge in [0.2, 0.25) is 5.88 Å². The third-order valence-electron chi connectivity index (χ3n) is 7.24. The Morgan fingerprint density at radius 1 is 1.13 bits per heavy atom. The second-order valence-corrected chi connectivity index (χ2v) is 9.54. The van der Waals surface area contributed by atoms with Gasteiger partial charge in [-0.05, 0) is 55.7 Å². The lowest BCUT2D eigenvalue weighted by Crippen LogP contribution is -2.37. The van der Waals surface area contributed by atoms with Crippen LogP contribution in [0.4, 0.5) is 5.82 Å². The maximum atomic E-state index is 13.5. The first-order valence-corrected chi connectivity index (χ1v) is 12.3. The van der Waals surface area contributed by atoms with Crippen LogP contribution in [-0.4, -0.2) is 50.1 Å². The number of piperidine rings is 1. The van der Waals surface area contributed by atoms with Crippen molar-refractivity contribution in [1.29, 1.82) is 0 Å². The van der Waals surface area contributed by atoms with Crippen molar-refractivity contribution in [3.63, 3.8) is 0 Å². The number of pyridine rings is 2. The minimum absolute atomic E-state index is 0.0265. The van der Waals surface area contributed by atoms with Crippen LogP contribution in [0.2, 0.25) is 0 Å². The van der Waals surface area contributed by atoms with Crippen molar-refractivity contribution >= 4 is 33.9 Å². The van der Waals surface area contributed by atoms with Gasteiger partial charge in [-0.3, -0.25) is 18.9 Å². The topological polar surface area (TPSA) is 128 Å². The molecule has 4 aromatic heterocycles. The molecule has 11 heteroatoms. The molecule has 11 nitrogen and oxygen atoms in total. The molecule has 38 heavy (non-hydrogen) atoms. The van der Waals surface area contributed by atoms with Crippen LogP contribution in [0.3, 0.4) is 0 Å². The summed E-state index contributed by atoms with van der Waals surface area (Å²) in [5.41, 5.74) is 3.85. The molecule has 0 amide bonds. The highest BCUT2D eigenvalue weighted by atomic mass is 16.5. The molecule has 5 heterocycles. The van der Waals surface area contributed by atoms with Crippen LogP contribution in [0.1, 0.15) is 40.4 Å². The summed E-state index contributed by atoms with van der Waals surface area (Å²) in [6, 6.07) is 10.5. The van der Waals surface area contributed by atoms with E-state index in [1.165, 1.54) is 11.7 Å². The molecule has 5 aromatic rings. The Labute approximate surface area is 216 Å². The SMILES string of the molecule is COc1cc(C(=O)c2cc(C)c3c(c2)oc(=O)n3C)cc(N2CCC(n3c(=O)[nH]c4ncccc43)CC2)n1. The Morgan fingerprint density at radius 3 is 2.66 bits per heavy atom. The van der Waals surface area contributed by atoms with E-state index in [1.54, 1.807) is 42.1 Å². The van der Waals surface area contributed by atoms with Crippen LogP contribution in [0, 0.1) is 6.92 Å². The molecule has 0 radical (unpaired) electrons. The van der Waals surface area contributed by atoms with E-state index in [4.69, 9.17) is 9.15 Å². The van der Waals surface area contributed by atoms with Gasteiger partial charge in [-0.25, -0.2) is 14.6 Å². The van der Waals surface area contributed by atoms with Crippen molar-refractivity contribution in [2.75, 3.05) is 25.1 Å². The molecular weight excluding hydrogens is 488 g/mol. The number of aryl methyl sites for hydroxylation is 2. The predicted octanol–water partition coefficient (Wildman–Crippen LogP) is 2.95. The first-order chi connectivity index (χ1) is 18.3. The van der Waals surface area contributed by atoms with Gasteiger partial charge < -0.3 is 14.1 Å². The lowest BCUT2D eigenvalue weighted by atomic mass is 10.0. The van der Waals surface area contributed by atoms with Gasteiger partial charge in [0.15, 0.2) is 17.0 Å². The van der Waals surface area contributed by atoms with E-state index in [9.17, 15) is 14.4 Å². The number of fused-ring (bicyclic) bond motifs is 2. The molecule has 1 fully saturated rings. The van der Waals surface area contributed by atoms with E-state index in [0.717, 1.165) is 23.9 Å². The van der Waals surface area contributed by atoms with Crippen LogP contribution >= 0.6 is 0 Å². The molecule has 0 unspecified atom stereocenters. The summed E-state index contributed by atoms with van der Waals surface area (Å²) in [6.45, 7) is 3.14. The zero-order valence-corrected chi connectivity index (χ0v) is 21.2. The van der Waals surface area contributed by atoms with Crippen molar-refractivity contribution in [3.05, 3.63) is 80.3 Å². The number of carbonyl (C=O) groups is 1. The zero-order chi connectivity index (χ0) is 26.6. The minimum Gasteiger partial charge on any atom is -0.481 e. The number of aromatic nitrogens is 5. The minimum atomic E-state index is -0.477. The van der Waals surface area contributed by atoms with E-state index >= 15 is 0 Å². The third-order valence-corrected chi connectivity index (χ3v) is 7.24. The maximum absolute atomic E-state index is 13.5. The van der Waals surface area contributed by atoms with Crippen LogP contribution < -0.4 is 21.1 Å². The van der Waals surface area contributed by atoms with Crippen molar-refractivity contribution in [2.24, 2.45) is 7.05 Å². The molecule has 1 N–H and O–H groups in total. The molecule has 6 rings (SSSR count). The first kappa shape index (κ1) is 23.7. The number of methoxy groups -OCH3 is 1. The monoisotopic (exact) mass is 514 g/mol. The summed E-state index contributed by atoms with van der Waals surface area (Å²) < 4.78 is 14.0. The molecule has 0 aliphatic carbocycles. The molecule has 0 spiro atoms. The van der Waals surface area contributed by atoms with E-state index in [0.29, 0.717) is 52.7 Å². The number of ether oxygens (including phenoxy) is 1. The van der Waals surface area contributed by atoms with E-state index in [-0.39, 0.29) is 17.5 Å². The Hall–Kier alpha value is -4.67. The highest BCUT2D eigenvalue weighted by Crippen LogP contribution is 2.30. The third kappa shape index (κ3) is 3.87. The van der Waals surface area contributed by atoms with Crippen molar-refractivity contribution in [3.8, 4) is 5.88 Å². The number of nitrogens with zero attached hydrogens (tertiary/aromatic N) is 5. The predicted molar refractivity (Wildman–Crippen MR) is 141 cm³/mol. The van der Waals surface area contributed by atoms with Crippen molar-refractivity contribution in [1.82, 2.24) is 24.1 Å². The molecular formula is C27H26N6O5. The molecule has 1 aliphatic heterocycles. The van der Waals surface area contributed by atoms with Crippen LogP contribution in [-0.2, 0) is 7.05 Å². The Balaban J connectivity index is 1.28. The fourth-order valence-electron chi connectivity index (χ4n) is 5.37. The van der Waals surface area contributed by atoms with Gasteiger partial charge in [0.1, 0.15) is 5.82 Å². The molecule has 0 bridgehead atoms. The molecule has 1 aliphatic rings. The summed E-state index contributed by atoms with van der Waals surface area (Å²) in [6.07, 6.45) is 3.12.